The summed E-state index contributed by atoms with van der Waals surface area (Å²) in [5, 5.41) is 12.3. The van der Waals surface area contributed by atoms with Crippen LogP contribution in [0.4, 0.5) is 0 Å². The largest absolute Gasteiger partial charge is 0.394 e. The first-order chi connectivity index (χ1) is 7.87. The Labute approximate surface area is 102 Å². The molecule has 1 fully saturated rings. The number of nitrogens with one attached hydrogen (secondary N) is 1. The van der Waals surface area contributed by atoms with Gasteiger partial charge in [0.15, 0.2) is 0 Å². The van der Waals surface area contributed by atoms with Crippen molar-refractivity contribution in [3.8, 4) is 0 Å². The highest BCUT2D eigenvalue weighted by molar-refractivity contribution is 5.78. The molecule has 0 aromatic carbocycles. The maximum Gasteiger partial charge on any atom is 0.246 e. The summed E-state index contributed by atoms with van der Waals surface area (Å²) in [5.41, 5.74) is -0.865. The second-order valence-corrected chi connectivity index (χ2v) is 5.50. The standard InChI is InChI=1S/C12H23NO4/c1-11(2,3)17-8-10(15)13-12(9-14)4-6-16-7-5-12/h14H,4-9H2,1-3H3,(H,13,15). The average molecular weight is 245 g/mol. The number of aliphatic hydroxyl groups excluding tert-OH is 1. The predicted octanol–water partition coefficient (Wildman–Crippen LogP) is 0.459. The Bertz CT molecular complexity index is 254. The lowest BCUT2D eigenvalue weighted by molar-refractivity contribution is -0.134. The van der Waals surface area contributed by atoms with Crippen LogP contribution >= 0.6 is 0 Å². The molecule has 0 aromatic heterocycles. The normalized spacial score (nSPS) is 20.0. The Balaban J connectivity index is 2.42. The van der Waals surface area contributed by atoms with Crippen LogP contribution in [0.5, 0.6) is 0 Å². The first-order valence-corrected chi connectivity index (χ1v) is 6.00. The van der Waals surface area contributed by atoms with Crippen molar-refractivity contribution < 1.29 is 19.4 Å². The van der Waals surface area contributed by atoms with Crippen LogP contribution in [0.1, 0.15) is 33.6 Å². The Kier molecular flexibility index (Phi) is 4.91. The van der Waals surface area contributed by atoms with Gasteiger partial charge in [-0.15, -0.1) is 0 Å². The second-order valence-electron chi connectivity index (χ2n) is 5.50. The Morgan fingerprint density at radius 3 is 2.47 bits per heavy atom. The molecule has 17 heavy (non-hydrogen) atoms. The van der Waals surface area contributed by atoms with Crippen LogP contribution in [0.3, 0.4) is 0 Å². The number of ether oxygens (including phenoxy) is 2. The van der Waals surface area contributed by atoms with E-state index < -0.39 is 5.54 Å². The summed E-state index contributed by atoms with van der Waals surface area (Å²) < 4.78 is 10.6. The number of carbonyl (C=O) groups is 1. The van der Waals surface area contributed by atoms with Gasteiger partial charge in [0.05, 0.1) is 17.7 Å². The minimum atomic E-state index is -0.531. The molecule has 1 rings (SSSR count). The highest BCUT2D eigenvalue weighted by atomic mass is 16.5. The SMILES string of the molecule is CC(C)(C)OCC(=O)NC1(CO)CCOCC1. The Morgan fingerprint density at radius 1 is 1.41 bits per heavy atom. The zero-order valence-corrected chi connectivity index (χ0v) is 10.9. The molecule has 0 atom stereocenters. The number of rotatable bonds is 4. The van der Waals surface area contributed by atoms with E-state index in [2.05, 4.69) is 5.32 Å². The Hall–Kier alpha value is -0.650. The summed E-state index contributed by atoms with van der Waals surface area (Å²) in [7, 11) is 0. The summed E-state index contributed by atoms with van der Waals surface area (Å²) in [5.74, 6) is -0.184. The first-order valence-electron chi connectivity index (χ1n) is 6.00. The fourth-order valence-corrected chi connectivity index (χ4v) is 1.70. The number of hydrogen-bond donors (Lipinski definition) is 2. The zero-order chi connectivity index (χ0) is 12.9. The molecule has 5 nitrogen and oxygen atoms in total. The zero-order valence-electron chi connectivity index (χ0n) is 10.9. The highest BCUT2D eigenvalue weighted by Crippen LogP contribution is 2.20. The van der Waals surface area contributed by atoms with Crippen LogP contribution in [0.2, 0.25) is 0 Å². The minimum absolute atomic E-state index is 0.0199. The van der Waals surface area contributed by atoms with E-state index in [1.807, 2.05) is 20.8 Å². The molecule has 1 amide bonds. The van der Waals surface area contributed by atoms with Gasteiger partial charge in [-0.05, 0) is 33.6 Å². The van der Waals surface area contributed by atoms with Gasteiger partial charge in [0.1, 0.15) is 6.61 Å². The molecule has 1 aliphatic rings. The van der Waals surface area contributed by atoms with Crippen LogP contribution < -0.4 is 5.32 Å². The molecule has 0 bridgehead atoms. The summed E-state index contributed by atoms with van der Waals surface area (Å²) in [4.78, 5) is 11.7. The summed E-state index contributed by atoms with van der Waals surface area (Å²) in [6.45, 7) is 6.80. The molecule has 1 aliphatic heterocycles. The van der Waals surface area contributed by atoms with E-state index in [1.165, 1.54) is 0 Å². The van der Waals surface area contributed by atoms with Gasteiger partial charge in [0.25, 0.3) is 0 Å². The van der Waals surface area contributed by atoms with E-state index >= 15 is 0 Å². The molecule has 1 heterocycles. The van der Waals surface area contributed by atoms with E-state index in [4.69, 9.17) is 9.47 Å². The lowest BCUT2D eigenvalue weighted by Crippen LogP contribution is -2.55. The quantitative estimate of drug-likeness (QED) is 0.755. The van der Waals surface area contributed by atoms with Gasteiger partial charge in [0, 0.05) is 13.2 Å². The molecule has 0 aromatic rings. The van der Waals surface area contributed by atoms with Gasteiger partial charge in [-0.3, -0.25) is 4.79 Å². The van der Waals surface area contributed by atoms with Crippen molar-refractivity contribution in [3.05, 3.63) is 0 Å². The van der Waals surface area contributed by atoms with Gasteiger partial charge in [0.2, 0.25) is 5.91 Å². The van der Waals surface area contributed by atoms with Crippen LogP contribution in [0, 0.1) is 0 Å². The van der Waals surface area contributed by atoms with Crippen molar-refractivity contribution in [2.24, 2.45) is 0 Å². The third-order valence-corrected chi connectivity index (χ3v) is 2.79. The van der Waals surface area contributed by atoms with Crippen LogP contribution in [-0.2, 0) is 14.3 Å². The fourth-order valence-electron chi connectivity index (χ4n) is 1.70. The molecular weight excluding hydrogens is 222 g/mol. The van der Waals surface area contributed by atoms with Crippen LogP contribution in [0.25, 0.3) is 0 Å². The van der Waals surface area contributed by atoms with Gasteiger partial charge in [-0.25, -0.2) is 0 Å². The van der Waals surface area contributed by atoms with Crippen molar-refractivity contribution in [1.29, 1.82) is 0 Å². The molecular formula is C12H23NO4. The van der Waals surface area contributed by atoms with Crippen molar-refractivity contribution >= 4 is 5.91 Å². The van der Waals surface area contributed by atoms with E-state index in [-0.39, 0.29) is 24.7 Å². The van der Waals surface area contributed by atoms with E-state index in [9.17, 15) is 9.90 Å². The summed E-state index contributed by atoms with van der Waals surface area (Å²) in [6, 6.07) is 0. The van der Waals surface area contributed by atoms with Crippen molar-refractivity contribution in [3.63, 3.8) is 0 Å². The van der Waals surface area contributed by atoms with E-state index in [0.717, 1.165) is 0 Å². The monoisotopic (exact) mass is 245 g/mol. The summed E-state index contributed by atoms with van der Waals surface area (Å²) in [6.07, 6.45) is 1.29. The maximum atomic E-state index is 11.7. The van der Waals surface area contributed by atoms with E-state index in [1.54, 1.807) is 0 Å². The van der Waals surface area contributed by atoms with Crippen molar-refractivity contribution in [2.45, 2.75) is 44.8 Å². The molecule has 0 unspecified atom stereocenters. The van der Waals surface area contributed by atoms with Gasteiger partial charge < -0.3 is 19.9 Å². The molecule has 0 saturated carbocycles. The molecule has 1 saturated heterocycles. The van der Waals surface area contributed by atoms with Crippen molar-refractivity contribution in [2.75, 3.05) is 26.4 Å². The number of amides is 1. The lowest BCUT2D eigenvalue weighted by Gasteiger charge is -2.36. The number of carbonyl (C=O) groups excluding carboxylic acids is 1. The minimum Gasteiger partial charge on any atom is -0.394 e. The Morgan fingerprint density at radius 2 is 2.00 bits per heavy atom. The molecule has 100 valence electrons. The second kappa shape index (κ2) is 5.80. The molecule has 2 N–H and O–H groups in total. The third-order valence-electron chi connectivity index (χ3n) is 2.79. The van der Waals surface area contributed by atoms with Crippen LogP contribution in [0.15, 0.2) is 0 Å². The van der Waals surface area contributed by atoms with Crippen LogP contribution in [-0.4, -0.2) is 48.6 Å². The molecule has 0 radical (unpaired) electrons. The predicted molar refractivity (Wildman–Crippen MR) is 63.7 cm³/mol. The van der Waals surface area contributed by atoms with Gasteiger partial charge >= 0.3 is 0 Å². The van der Waals surface area contributed by atoms with Gasteiger partial charge in [-0.1, -0.05) is 0 Å². The smallest absolute Gasteiger partial charge is 0.246 e. The number of hydrogen-bond acceptors (Lipinski definition) is 4. The average Bonchev–Trinajstić information content (AvgIpc) is 2.27. The van der Waals surface area contributed by atoms with Crippen molar-refractivity contribution in [1.82, 2.24) is 5.32 Å². The number of aliphatic hydroxyl groups is 1. The maximum absolute atomic E-state index is 11.7. The first kappa shape index (κ1) is 14.4. The highest BCUT2D eigenvalue weighted by Gasteiger charge is 2.33. The molecule has 0 aliphatic carbocycles. The van der Waals surface area contributed by atoms with Gasteiger partial charge in [-0.2, -0.15) is 0 Å². The molecule has 5 heteroatoms. The third kappa shape index (κ3) is 5.02. The van der Waals surface area contributed by atoms with E-state index in [0.29, 0.717) is 26.1 Å². The fraction of sp³-hybridized carbons (Fsp3) is 0.917. The molecule has 0 spiro atoms. The summed E-state index contributed by atoms with van der Waals surface area (Å²) >= 11 is 0. The lowest BCUT2D eigenvalue weighted by atomic mass is 9.91. The topological polar surface area (TPSA) is 67.8 Å².